The lowest BCUT2D eigenvalue weighted by molar-refractivity contribution is -0.134. The van der Waals surface area contributed by atoms with E-state index in [1.807, 2.05) is 32.7 Å². The highest BCUT2D eigenvalue weighted by molar-refractivity contribution is 5.78. The molecule has 0 heterocycles. The molecule has 21 heavy (non-hydrogen) atoms. The van der Waals surface area contributed by atoms with Gasteiger partial charge in [-0.15, -0.1) is 0 Å². The second kappa shape index (κ2) is 8.10. The average molecular weight is 296 g/mol. The highest BCUT2D eigenvalue weighted by Gasteiger charge is 2.22. The van der Waals surface area contributed by atoms with Gasteiger partial charge in [-0.2, -0.15) is 0 Å². The van der Waals surface area contributed by atoms with Crippen LogP contribution in [-0.2, 0) is 4.79 Å². The van der Waals surface area contributed by atoms with E-state index >= 15 is 0 Å². The Hall–Kier alpha value is -1.46. The van der Waals surface area contributed by atoms with E-state index in [0.717, 1.165) is 5.56 Å². The van der Waals surface area contributed by atoms with Crippen molar-refractivity contribution in [3.8, 4) is 0 Å². The summed E-state index contributed by atoms with van der Waals surface area (Å²) in [6, 6.07) is 6.05. The van der Waals surface area contributed by atoms with Crippen molar-refractivity contribution in [3.63, 3.8) is 0 Å². The number of aliphatic hydroxyl groups is 1. The van der Waals surface area contributed by atoms with Gasteiger partial charge in [0.05, 0.1) is 19.2 Å². The Morgan fingerprint density at radius 1 is 1.29 bits per heavy atom. The van der Waals surface area contributed by atoms with Crippen LogP contribution in [0.5, 0.6) is 0 Å². The number of hydrogen-bond donors (Lipinski definition) is 1. The molecule has 0 aromatic heterocycles. The van der Waals surface area contributed by atoms with E-state index in [1.54, 1.807) is 17.0 Å². The molecule has 0 spiro atoms. The van der Waals surface area contributed by atoms with Crippen LogP contribution in [0.25, 0.3) is 0 Å². The third-order valence-electron chi connectivity index (χ3n) is 3.88. The second-order valence-corrected chi connectivity index (χ2v) is 5.35. The molecule has 1 aromatic carbocycles. The predicted octanol–water partition coefficient (Wildman–Crippen LogP) is 2.05. The molecule has 0 aliphatic carbocycles. The van der Waals surface area contributed by atoms with E-state index in [0.29, 0.717) is 6.54 Å². The molecule has 1 rings (SSSR count). The van der Waals surface area contributed by atoms with Gasteiger partial charge in [-0.25, -0.2) is 4.39 Å². The summed E-state index contributed by atoms with van der Waals surface area (Å²) in [5, 5.41) is 9.12. The molecular formula is C16H25FN2O2. The molecule has 0 aliphatic rings. The minimum absolute atomic E-state index is 0.00266. The summed E-state index contributed by atoms with van der Waals surface area (Å²) in [6.07, 6.45) is 0. The van der Waals surface area contributed by atoms with Crippen LogP contribution in [0.15, 0.2) is 24.3 Å². The summed E-state index contributed by atoms with van der Waals surface area (Å²) in [5.74, 6) is -0.283. The minimum atomic E-state index is -0.281. The number of benzene rings is 1. The molecular weight excluding hydrogens is 271 g/mol. The molecule has 2 atom stereocenters. The van der Waals surface area contributed by atoms with Gasteiger partial charge in [0.1, 0.15) is 5.82 Å². The van der Waals surface area contributed by atoms with Crippen molar-refractivity contribution in [3.05, 3.63) is 35.6 Å². The Kier molecular flexibility index (Phi) is 6.78. The highest BCUT2D eigenvalue weighted by atomic mass is 19.1. The fraction of sp³-hybridized carbons (Fsp3) is 0.562. The molecule has 0 fully saturated rings. The van der Waals surface area contributed by atoms with E-state index in [9.17, 15) is 9.18 Å². The average Bonchev–Trinajstić information content (AvgIpc) is 2.47. The predicted molar refractivity (Wildman–Crippen MR) is 81.4 cm³/mol. The number of rotatable bonds is 7. The normalized spacial score (nSPS) is 14.0. The summed E-state index contributed by atoms with van der Waals surface area (Å²) in [4.78, 5) is 16.0. The van der Waals surface area contributed by atoms with Crippen LogP contribution in [-0.4, -0.2) is 53.6 Å². The minimum Gasteiger partial charge on any atom is -0.395 e. The molecule has 0 aliphatic heterocycles. The van der Waals surface area contributed by atoms with Crippen molar-refractivity contribution in [1.82, 2.24) is 9.80 Å². The van der Waals surface area contributed by atoms with Crippen LogP contribution in [0.2, 0.25) is 0 Å². The fourth-order valence-electron chi connectivity index (χ4n) is 2.19. The van der Waals surface area contributed by atoms with Crippen LogP contribution in [0.3, 0.4) is 0 Å². The Bertz CT molecular complexity index is 450. The molecule has 0 radical (unpaired) electrons. The van der Waals surface area contributed by atoms with Crippen molar-refractivity contribution in [2.75, 3.05) is 26.7 Å². The smallest absolute Gasteiger partial charge is 0.237 e. The lowest BCUT2D eigenvalue weighted by Crippen LogP contribution is -2.43. The van der Waals surface area contributed by atoms with Crippen molar-refractivity contribution in [2.45, 2.75) is 32.9 Å². The maximum atomic E-state index is 13.0. The zero-order valence-electron chi connectivity index (χ0n) is 13.2. The highest BCUT2D eigenvalue weighted by Crippen LogP contribution is 2.20. The van der Waals surface area contributed by atoms with Gasteiger partial charge in [0, 0.05) is 12.6 Å². The van der Waals surface area contributed by atoms with Crippen LogP contribution in [0.1, 0.15) is 32.4 Å². The van der Waals surface area contributed by atoms with Gasteiger partial charge >= 0.3 is 0 Å². The largest absolute Gasteiger partial charge is 0.395 e. The van der Waals surface area contributed by atoms with Crippen LogP contribution >= 0.6 is 0 Å². The van der Waals surface area contributed by atoms with Crippen LogP contribution in [0, 0.1) is 5.82 Å². The summed E-state index contributed by atoms with van der Waals surface area (Å²) in [7, 11) is 1.81. The molecule has 0 saturated carbocycles. The standard InChI is InChI=1S/C16H25FN2O2/c1-5-19(16(21)10-18(4)12(2)11-20)13(3)14-6-8-15(17)9-7-14/h6-9,12-13,20H,5,10-11H2,1-4H3. The number of amides is 1. The van der Waals surface area contributed by atoms with Gasteiger partial charge in [0.2, 0.25) is 5.91 Å². The molecule has 2 unspecified atom stereocenters. The summed E-state index contributed by atoms with van der Waals surface area (Å²) in [6.45, 7) is 6.58. The number of aliphatic hydroxyl groups excluding tert-OH is 1. The lowest BCUT2D eigenvalue weighted by Gasteiger charge is -2.31. The number of nitrogens with zero attached hydrogens (tertiary/aromatic N) is 2. The van der Waals surface area contributed by atoms with E-state index in [1.165, 1.54) is 12.1 Å². The molecule has 5 heteroatoms. The number of halogens is 1. The fourth-order valence-corrected chi connectivity index (χ4v) is 2.19. The summed E-state index contributed by atoms with van der Waals surface area (Å²) >= 11 is 0. The molecule has 1 aromatic rings. The third kappa shape index (κ3) is 4.79. The maximum absolute atomic E-state index is 13.0. The zero-order valence-corrected chi connectivity index (χ0v) is 13.2. The van der Waals surface area contributed by atoms with E-state index in [4.69, 9.17) is 5.11 Å². The topological polar surface area (TPSA) is 43.8 Å². The Morgan fingerprint density at radius 2 is 1.86 bits per heavy atom. The lowest BCUT2D eigenvalue weighted by atomic mass is 10.1. The van der Waals surface area contributed by atoms with Gasteiger partial charge in [-0.05, 0) is 45.5 Å². The molecule has 1 N–H and O–H groups in total. The molecule has 4 nitrogen and oxygen atoms in total. The van der Waals surface area contributed by atoms with Crippen molar-refractivity contribution < 1.29 is 14.3 Å². The number of carbonyl (C=O) groups excluding carboxylic acids is 1. The van der Waals surface area contributed by atoms with E-state index in [-0.39, 0.29) is 37.0 Å². The first-order valence-corrected chi connectivity index (χ1v) is 7.26. The van der Waals surface area contributed by atoms with Gasteiger partial charge < -0.3 is 10.0 Å². The third-order valence-corrected chi connectivity index (χ3v) is 3.88. The van der Waals surface area contributed by atoms with Crippen LogP contribution in [0.4, 0.5) is 4.39 Å². The van der Waals surface area contributed by atoms with E-state index < -0.39 is 0 Å². The second-order valence-electron chi connectivity index (χ2n) is 5.35. The molecule has 118 valence electrons. The number of hydrogen-bond acceptors (Lipinski definition) is 3. The van der Waals surface area contributed by atoms with Crippen molar-refractivity contribution in [1.29, 1.82) is 0 Å². The number of likely N-dealkylation sites (N-methyl/N-ethyl adjacent to an activating group) is 2. The quantitative estimate of drug-likeness (QED) is 0.837. The number of carbonyl (C=O) groups is 1. The monoisotopic (exact) mass is 296 g/mol. The van der Waals surface area contributed by atoms with Gasteiger partial charge in [-0.3, -0.25) is 9.69 Å². The van der Waals surface area contributed by atoms with Crippen molar-refractivity contribution >= 4 is 5.91 Å². The Balaban J connectivity index is 2.76. The first-order chi connectivity index (χ1) is 9.90. The molecule has 0 bridgehead atoms. The van der Waals surface area contributed by atoms with Crippen LogP contribution < -0.4 is 0 Å². The zero-order chi connectivity index (χ0) is 16.0. The Morgan fingerprint density at radius 3 is 2.33 bits per heavy atom. The Labute approximate surface area is 126 Å². The summed E-state index contributed by atoms with van der Waals surface area (Å²) < 4.78 is 13.0. The molecule has 0 saturated heterocycles. The first kappa shape index (κ1) is 17.6. The SMILES string of the molecule is CCN(C(=O)CN(C)C(C)CO)C(C)c1ccc(F)cc1. The van der Waals surface area contributed by atoms with Gasteiger partial charge in [0.25, 0.3) is 0 Å². The molecule has 1 amide bonds. The van der Waals surface area contributed by atoms with Crippen molar-refractivity contribution in [2.24, 2.45) is 0 Å². The van der Waals surface area contributed by atoms with E-state index in [2.05, 4.69) is 0 Å². The van der Waals surface area contributed by atoms with Gasteiger partial charge in [0.15, 0.2) is 0 Å². The first-order valence-electron chi connectivity index (χ1n) is 7.26. The van der Waals surface area contributed by atoms with Gasteiger partial charge in [-0.1, -0.05) is 12.1 Å². The summed E-state index contributed by atoms with van der Waals surface area (Å²) in [5.41, 5.74) is 0.907. The maximum Gasteiger partial charge on any atom is 0.237 e.